The molecule has 0 radical (unpaired) electrons. The lowest BCUT2D eigenvalue weighted by atomic mass is 10.0. The van der Waals surface area contributed by atoms with Crippen LogP contribution in [0.1, 0.15) is 27.2 Å². The summed E-state index contributed by atoms with van der Waals surface area (Å²) in [7, 11) is 0. The normalized spacial score (nSPS) is 11.3. The van der Waals surface area contributed by atoms with E-state index >= 15 is 0 Å². The van der Waals surface area contributed by atoms with Crippen molar-refractivity contribution in [3.63, 3.8) is 0 Å². The van der Waals surface area contributed by atoms with E-state index in [2.05, 4.69) is 31.1 Å². The molecule has 0 aliphatic carbocycles. The molecule has 0 aliphatic heterocycles. The molecule has 0 unspecified atom stereocenters. The second-order valence-electron chi connectivity index (χ2n) is 3.84. The number of rotatable bonds is 3. The Morgan fingerprint density at radius 2 is 2.23 bits per heavy atom. The van der Waals surface area contributed by atoms with Crippen molar-refractivity contribution in [1.82, 2.24) is 4.98 Å². The molecule has 1 heterocycles. The van der Waals surface area contributed by atoms with Gasteiger partial charge in [-0.15, -0.1) is 0 Å². The Hall–Kier alpha value is -1.25. The van der Waals surface area contributed by atoms with Crippen molar-refractivity contribution in [3.8, 4) is 0 Å². The highest BCUT2D eigenvalue weighted by Gasteiger charge is 2.14. The SMILES string of the molecule is CCC(C)(C)Nc1cc(N)ccn1. The zero-order valence-corrected chi connectivity index (χ0v) is 8.46. The van der Waals surface area contributed by atoms with Gasteiger partial charge in [-0.25, -0.2) is 4.98 Å². The molecular weight excluding hydrogens is 162 g/mol. The van der Waals surface area contributed by atoms with Gasteiger partial charge >= 0.3 is 0 Å². The standard InChI is InChI=1S/C10H17N3/c1-4-10(2,3)13-9-7-8(11)5-6-12-9/h5-7H,4H2,1-3H3,(H3,11,12,13). The number of nitrogens with one attached hydrogen (secondary N) is 1. The number of nitrogen functional groups attached to an aromatic ring is 1. The van der Waals surface area contributed by atoms with Crippen LogP contribution in [0.15, 0.2) is 18.3 Å². The third-order valence-electron chi connectivity index (χ3n) is 2.13. The first-order chi connectivity index (χ1) is 6.03. The predicted octanol–water partition coefficient (Wildman–Crippen LogP) is 2.26. The molecule has 3 heteroatoms. The van der Waals surface area contributed by atoms with Crippen molar-refractivity contribution >= 4 is 11.5 Å². The van der Waals surface area contributed by atoms with Crippen molar-refractivity contribution in [2.45, 2.75) is 32.7 Å². The molecule has 0 bridgehead atoms. The second kappa shape index (κ2) is 3.64. The number of hydrogen-bond acceptors (Lipinski definition) is 3. The molecule has 1 rings (SSSR count). The van der Waals surface area contributed by atoms with Gasteiger partial charge in [-0.2, -0.15) is 0 Å². The Bertz CT molecular complexity index is 281. The Labute approximate surface area is 79.4 Å². The third kappa shape index (κ3) is 2.93. The summed E-state index contributed by atoms with van der Waals surface area (Å²) in [6.07, 6.45) is 2.76. The molecule has 0 spiro atoms. The molecule has 72 valence electrons. The predicted molar refractivity (Wildman–Crippen MR) is 56.6 cm³/mol. The van der Waals surface area contributed by atoms with E-state index in [0.717, 1.165) is 17.9 Å². The van der Waals surface area contributed by atoms with Gasteiger partial charge in [0.05, 0.1) is 0 Å². The molecule has 0 aliphatic rings. The second-order valence-corrected chi connectivity index (χ2v) is 3.84. The van der Waals surface area contributed by atoms with Crippen molar-refractivity contribution in [2.24, 2.45) is 0 Å². The van der Waals surface area contributed by atoms with E-state index in [0.29, 0.717) is 0 Å². The minimum absolute atomic E-state index is 0.0702. The maximum Gasteiger partial charge on any atom is 0.128 e. The van der Waals surface area contributed by atoms with Gasteiger partial charge in [0, 0.05) is 23.5 Å². The fourth-order valence-corrected chi connectivity index (χ4v) is 0.950. The van der Waals surface area contributed by atoms with Crippen LogP contribution in [-0.2, 0) is 0 Å². The van der Waals surface area contributed by atoms with Gasteiger partial charge in [0.2, 0.25) is 0 Å². The first-order valence-electron chi connectivity index (χ1n) is 4.53. The van der Waals surface area contributed by atoms with E-state index in [1.807, 2.05) is 6.07 Å². The molecule has 1 aromatic heterocycles. The highest BCUT2D eigenvalue weighted by atomic mass is 15.0. The van der Waals surface area contributed by atoms with Crippen LogP contribution < -0.4 is 11.1 Å². The quantitative estimate of drug-likeness (QED) is 0.748. The van der Waals surface area contributed by atoms with Gasteiger partial charge in [-0.05, 0) is 26.3 Å². The molecule has 0 aromatic carbocycles. The first-order valence-corrected chi connectivity index (χ1v) is 4.53. The lowest BCUT2D eigenvalue weighted by molar-refractivity contribution is 0.545. The number of nitrogens with zero attached hydrogens (tertiary/aromatic N) is 1. The molecule has 0 amide bonds. The summed E-state index contributed by atoms with van der Waals surface area (Å²) in [6, 6.07) is 3.63. The first kappa shape index (κ1) is 9.84. The summed E-state index contributed by atoms with van der Waals surface area (Å²) in [5.41, 5.74) is 6.45. The number of pyridine rings is 1. The number of aromatic nitrogens is 1. The van der Waals surface area contributed by atoms with E-state index in [1.54, 1.807) is 12.3 Å². The summed E-state index contributed by atoms with van der Waals surface area (Å²) in [6.45, 7) is 6.41. The van der Waals surface area contributed by atoms with Crippen LogP contribution in [0.2, 0.25) is 0 Å². The Morgan fingerprint density at radius 3 is 2.77 bits per heavy atom. The molecule has 0 saturated heterocycles. The summed E-state index contributed by atoms with van der Waals surface area (Å²) in [4.78, 5) is 4.18. The van der Waals surface area contributed by atoms with Crippen molar-refractivity contribution < 1.29 is 0 Å². The summed E-state index contributed by atoms with van der Waals surface area (Å²) >= 11 is 0. The van der Waals surface area contributed by atoms with Crippen molar-refractivity contribution in [3.05, 3.63) is 18.3 Å². The molecule has 3 nitrogen and oxygen atoms in total. The minimum atomic E-state index is 0.0702. The maximum atomic E-state index is 5.64. The van der Waals surface area contributed by atoms with Gasteiger partial charge in [-0.1, -0.05) is 6.92 Å². The van der Waals surface area contributed by atoms with Crippen LogP contribution in [0.4, 0.5) is 11.5 Å². The van der Waals surface area contributed by atoms with Crippen LogP contribution in [0.5, 0.6) is 0 Å². The summed E-state index contributed by atoms with van der Waals surface area (Å²) in [5, 5.41) is 3.32. The van der Waals surface area contributed by atoms with Gasteiger partial charge in [0.25, 0.3) is 0 Å². The zero-order chi connectivity index (χ0) is 9.90. The van der Waals surface area contributed by atoms with Crippen LogP contribution in [0, 0.1) is 0 Å². The smallest absolute Gasteiger partial charge is 0.128 e. The largest absolute Gasteiger partial charge is 0.399 e. The van der Waals surface area contributed by atoms with E-state index in [1.165, 1.54) is 0 Å². The lowest BCUT2D eigenvalue weighted by Gasteiger charge is -2.25. The Morgan fingerprint density at radius 1 is 1.54 bits per heavy atom. The monoisotopic (exact) mass is 179 g/mol. The topological polar surface area (TPSA) is 50.9 Å². The van der Waals surface area contributed by atoms with Crippen LogP contribution in [0.3, 0.4) is 0 Å². The molecule has 1 aromatic rings. The van der Waals surface area contributed by atoms with E-state index in [-0.39, 0.29) is 5.54 Å². The fourth-order valence-electron chi connectivity index (χ4n) is 0.950. The highest BCUT2D eigenvalue weighted by molar-refractivity contribution is 5.49. The molecule has 0 saturated carbocycles. The van der Waals surface area contributed by atoms with E-state index < -0.39 is 0 Å². The molecule has 0 atom stereocenters. The Balaban J connectivity index is 2.74. The van der Waals surface area contributed by atoms with Gasteiger partial charge in [0.15, 0.2) is 0 Å². The maximum absolute atomic E-state index is 5.64. The number of nitrogens with two attached hydrogens (primary N) is 1. The van der Waals surface area contributed by atoms with Crippen molar-refractivity contribution in [1.29, 1.82) is 0 Å². The zero-order valence-electron chi connectivity index (χ0n) is 8.46. The highest BCUT2D eigenvalue weighted by Crippen LogP contribution is 2.16. The van der Waals surface area contributed by atoms with Crippen LogP contribution >= 0.6 is 0 Å². The van der Waals surface area contributed by atoms with Gasteiger partial charge in [-0.3, -0.25) is 0 Å². The molecule has 0 fully saturated rings. The van der Waals surface area contributed by atoms with E-state index in [9.17, 15) is 0 Å². The molecule has 3 N–H and O–H groups in total. The third-order valence-corrected chi connectivity index (χ3v) is 2.13. The van der Waals surface area contributed by atoms with Crippen molar-refractivity contribution in [2.75, 3.05) is 11.1 Å². The fraction of sp³-hybridized carbons (Fsp3) is 0.500. The molecule has 13 heavy (non-hydrogen) atoms. The minimum Gasteiger partial charge on any atom is -0.399 e. The Kier molecular flexibility index (Phi) is 2.76. The van der Waals surface area contributed by atoms with Gasteiger partial charge < -0.3 is 11.1 Å². The number of hydrogen-bond donors (Lipinski definition) is 2. The summed E-state index contributed by atoms with van der Waals surface area (Å²) < 4.78 is 0. The van der Waals surface area contributed by atoms with Crippen LogP contribution in [0.25, 0.3) is 0 Å². The van der Waals surface area contributed by atoms with Crippen LogP contribution in [-0.4, -0.2) is 10.5 Å². The average molecular weight is 179 g/mol. The molecular formula is C10H17N3. The van der Waals surface area contributed by atoms with E-state index in [4.69, 9.17) is 5.73 Å². The average Bonchev–Trinajstić information content (AvgIpc) is 2.03. The lowest BCUT2D eigenvalue weighted by Crippen LogP contribution is -2.30. The van der Waals surface area contributed by atoms with Gasteiger partial charge in [0.1, 0.15) is 5.82 Å². The number of anilines is 2. The summed E-state index contributed by atoms with van der Waals surface area (Å²) in [5.74, 6) is 0.840.